The summed E-state index contributed by atoms with van der Waals surface area (Å²) in [6.07, 6.45) is 7.65. The van der Waals surface area contributed by atoms with Crippen LogP contribution in [0.4, 0.5) is 4.79 Å². The summed E-state index contributed by atoms with van der Waals surface area (Å²) in [5.74, 6) is 0. The summed E-state index contributed by atoms with van der Waals surface area (Å²) in [5.41, 5.74) is -0.348. The standard InChI is InChI=1S/C13H24N2O2/c1-12(5-2-3-6-12)9-14-11(16)15-10-13(17)7-4-8-13/h17H,2-10H2,1H3,(H2,14,15,16). The van der Waals surface area contributed by atoms with Crippen molar-refractivity contribution in [1.29, 1.82) is 0 Å². The Balaban J connectivity index is 1.63. The van der Waals surface area contributed by atoms with Crippen LogP contribution in [-0.2, 0) is 0 Å². The van der Waals surface area contributed by atoms with Gasteiger partial charge in [-0.3, -0.25) is 0 Å². The highest BCUT2D eigenvalue weighted by molar-refractivity contribution is 5.73. The van der Waals surface area contributed by atoms with E-state index in [2.05, 4.69) is 17.6 Å². The van der Waals surface area contributed by atoms with Crippen LogP contribution in [0.5, 0.6) is 0 Å². The first-order valence-electron chi connectivity index (χ1n) is 6.76. The maximum atomic E-state index is 11.6. The van der Waals surface area contributed by atoms with Gasteiger partial charge in [0.25, 0.3) is 0 Å². The van der Waals surface area contributed by atoms with Gasteiger partial charge in [0.2, 0.25) is 0 Å². The fraction of sp³-hybridized carbons (Fsp3) is 0.923. The van der Waals surface area contributed by atoms with E-state index < -0.39 is 5.60 Å². The van der Waals surface area contributed by atoms with E-state index in [4.69, 9.17) is 0 Å². The minimum atomic E-state index is -0.630. The number of hydrogen-bond donors (Lipinski definition) is 3. The summed E-state index contributed by atoms with van der Waals surface area (Å²) in [6, 6.07) is -0.140. The number of carbonyl (C=O) groups excluding carboxylic acids is 1. The molecule has 0 bridgehead atoms. The van der Waals surface area contributed by atoms with Gasteiger partial charge in [-0.2, -0.15) is 0 Å². The largest absolute Gasteiger partial charge is 0.388 e. The molecule has 2 aliphatic rings. The van der Waals surface area contributed by atoms with Crippen molar-refractivity contribution in [3.8, 4) is 0 Å². The van der Waals surface area contributed by atoms with E-state index in [1.54, 1.807) is 0 Å². The smallest absolute Gasteiger partial charge is 0.314 e. The quantitative estimate of drug-likeness (QED) is 0.701. The Morgan fingerprint density at radius 2 is 1.65 bits per heavy atom. The summed E-state index contributed by atoms with van der Waals surface area (Å²) in [5, 5.41) is 15.5. The lowest BCUT2D eigenvalue weighted by Gasteiger charge is -2.36. The van der Waals surface area contributed by atoms with Crippen molar-refractivity contribution in [2.24, 2.45) is 5.41 Å². The molecule has 17 heavy (non-hydrogen) atoms. The fourth-order valence-electron chi connectivity index (χ4n) is 2.77. The second kappa shape index (κ2) is 4.84. The lowest BCUT2D eigenvalue weighted by molar-refractivity contribution is -0.0290. The Kier molecular flexibility index (Phi) is 3.61. The van der Waals surface area contributed by atoms with Gasteiger partial charge in [-0.1, -0.05) is 19.8 Å². The summed E-state index contributed by atoms with van der Waals surface area (Å²) in [7, 11) is 0. The second-order valence-electron chi connectivity index (χ2n) is 6.13. The minimum Gasteiger partial charge on any atom is -0.388 e. The van der Waals surface area contributed by atoms with Crippen molar-refractivity contribution in [3.05, 3.63) is 0 Å². The average molecular weight is 240 g/mol. The normalized spacial score (nSPS) is 25.1. The molecule has 0 aromatic carbocycles. The van der Waals surface area contributed by atoms with E-state index in [9.17, 15) is 9.90 Å². The van der Waals surface area contributed by atoms with E-state index in [1.807, 2.05) is 0 Å². The van der Waals surface area contributed by atoms with E-state index >= 15 is 0 Å². The third kappa shape index (κ3) is 3.35. The van der Waals surface area contributed by atoms with Gasteiger partial charge in [0.1, 0.15) is 0 Å². The predicted octanol–water partition coefficient (Wildman–Crippen LogP) is 1.78. The molecule has 2 fully saturated rings. The molecule has 0 saturated heterocycles. The van der Waals surface area contributed by atoms with Crippen LogP contribution in [0.2, 0.25) is 0 Å². The van der Waals surface area contributed by atoms with Crippen LogP contribution >= 0.6 is 0 Å². The van der Waals surface area contributed by atoms with Crippen molar-refractivity contribution in [2.45, 2.75) is 57.5 Å². The molecule has 0 atom stereocenters. The van der Waals surface area contributed by atoms with E-state index in [0.29, 0.717) is 6.54 Å². The first-order valence-corrected chi connectivity index (χ1v) is 6.76. The molecule has 3 N–H and O–H groups in total. The molecule has 0 radical (unpaired) electrons. The summed E-state index contributed by atoms with van der Waals surface area (Å²) >= 11 is 0. The van der Waals surface area contributed by atoms with Crippen LogP contribution in [0.3, 0.4) is 0 Å². The van der Waals surface area contributed by atoms with Crippen molar-refractivity contribution < 1.29 is 9.90 Å². The Morgan fingerprint density at radius 3 is 2.18 bits per heavy atom. The molecular formula is C13H24N2O2. The summed E-state index contributed by atoms with van der Waals surface area (Å²) in [4.78, 5) is 11.6. The van der Waals surface area contributed by atoms with Gasteiger partial charge in [0.15, 0.2) is 0 Å². The molecule has 4 nitrogen and oxygen atoms in total. The number of amides is 2. The maximum absolute atomic E-state index is 11.6. The third-order valence-electron chi connectivity index (χ3n) is 4.35. The van der Waals surface area contributed by atoms with E-state index in [0.717, 1.165) is 25.8 Å². The zero-order valence-corrected chi connectivity index (χ0v) is 10.7. The van der Waals surface area contributed by atoms with Crippen LogP contribution in [0, 0.1) is 5.41 Å². The predicted molar refractivity (Wildman–Crippen MR) is 66.8 cm³/mol. The van der Waals surface area contributed by atoms with Crippen molar-refractivity contribution in [3.63, 3.8) is 0 Å². The van der Waals surface area contributed by atoms with Gasteiger partial charge in [0, 0.05) is 13.1 Å². The van der Waals surface area contributed by atoms with E-state index in [1.165, 1.54) is 25.7 Å². The molecule has 0 aromatic rings. The fourth-order valence-corrected chi connectivity index (χ4v) is 2.77. The maximum Gasteiger partial charge on any atom is 0.314 e. The number of aliphatic hydroxyl groups is 1. The zero-order valence-electron chi connectivity index (χ0n) is 10.7. The Bertz CT molecular complexity index is 281. The van der Waals surface area contributed by atoms with Crippen LogP contribution < -0.4 is 10.6 Å². The van der Waals surface area contributed by atoms with Crippen molar-refractivity contribution >= 4 is 6.03 Å². The van der Waals surface area contributed by atoms with Crippen LogP contribution in [0.25, 0.3) is 0 Å². The van der Waals surface area contributed by atoms with Crippen molar-refractivity contribution in [2.75, 3.05) is 13.1 Å². The highest BCUT2D eigenvalue weighted by Crippen LogP contribution is 2.36. The third-order valence-corrected chi connectivity index (χ3v) is 4.35. The molecule has 2 amide bonds. The molecule has 0 aromatic heterocycles. The molecule has 2 rings (SSSR count). The first kappa shape index (κ1) is 12.7. The van der Waals surface area contributed by atoms with Gasteiger partial charge >= 0.3 is 6.03 Å². The SMILES string of the molecule is CC1(CNC(=O)NCC2(O)CCC2)CCCC1. The molecule has 2 aliphatic carbocycles. The van der Waals surface area contributed by atoms with Gasteiger partial charge in [-0.25, -0.2) is 4.79 Å². The van der Waals surface area contributed by atoms with Crippen LogP contribution in [0.15, 0.2) is 0 Å². The Labute approximate surface area is 103 Å². The molecule has 98 valence electrons. The highest BCUT2D eigenvalue weighted by atomic mass is 16.3. The topological polar surface area (TPSA) is 61.4 Å². The van der Waals surface area contributed by atoms with Gasteiger partial charge < -0.3 is 15.7 Å². The van der Waals surface area contributed by atoms with Crippen LogP contribution in [0.1, 0.15) is 51.9 Å². The number of urea groups is 1. The molecule has 2 saturated carbocycles. The summed E-state index contributed by atoms with van der Waals surface area (Å²) < 4.78 is 0. The van der Waals surface area contributed by atoms with E-state index in [-0.39, 0.29) is 11.4 Å². The van der Waals surface area contributed by atoms with Crippen LogP contribution in [-0.4, -0.2) is 29.8 Å². The lowest BCUT2D eigenvalue weighted by Crippen LogP contribution is -2.51. The molecule has 0 spiro atoms. The van der Waals surface area contributed by atoms with Gasteiger partial charge in [-0.15, -0.1) is 0 Å². The molecule has 0 heterocycles. The Morgan fingerprint density at radius 1 is 1.06 bits per heavy atom. The monoisotopic (exact) mass is 240 g/mol. The first-order chi connectivity index (χ1) is 8.02. The lowest BCUT2D eigenvalue weighted by atomic mass is 9.80. The molecular weight excluding hydrogens is 216 g/mol. The Hall–Kier alpha value is -0.770. The summed E-state index contributed by atoms with van der Waals surface area (Å²) in [6.45, 7) is 3.37. The van der Waals surface area contributed by atoms with Gasteiger partial charge in [0.05, 0.1) is 5.60 Å². The minimum absolute atomic E-state index is 0.140. The number of hydrogen-bond acceptors (Lipinski definition) is 2. The number of nitrogens with one attached hydrogen (secondary N) is 2. The number of carbonyl (C=O) groups is 1. The molecule has 4 heteroatoms. The van der Waals surface area contributed by atoms with Gasteiger partial charge in [-0.05, 0) is 37.5 Å². The average Bonchev–Trinajstić information content (AvgIpc) is 2.69. The second-order valence-corrected chi connectivity index (χ2v) is 6.13. The zero-order chi connectivity index (χ0) is 12.4. The number of rotatable bonds is 4. The molecule has 0 aliphatic heterocycles. The highest BCUT2D eigenvalue weighted by Gasteiger charge is 2.34. The molecule has 0 unspecified atom stereocenters. The van der Waals surface area contributed by atoms with Crippen molar-refractivity contribution in [1.82, 2.24) is 10.6 Å².